The average molecular weight is 265 g/mol. The summed E-state index contributed by atoms with van der Waals surface area (Å²) in [6, 6.07) is -0.614. The number of likely N-dealkylation sites (N-methyl/N-ethyl adjacent to an activating group) is 1. The number of amides is 1. The predicted octanol–water partition coefficient (Wildman–Crippen LogP) is -0.0259. The van der Waals surface area contributed by atoms with Crippen LogP contribution in [0.2, 0.25) is 0 Å². The fraction of sp³-hybridized carbons (Fsp3) is 0.692. The van der Waals surface area contributed by atoms with Crippen LogP contribution in [-0.2, 0) is 11.8 Å². The molecule has 19 heavy (non-hydrogen) atoms. The van der Waals surface area contributed by atoms with Crippen molar-refractivity contribution in [2.24, 2.45) is 12.8 Å². The van der Waals surface area contributed by atoms with Gasteiger partial charge in [-0.05, 0) is 25.9 Å². The lowest BCUT2D eigenvalue weighted by atomic mass is 10.1. The number of aryl methyl sites for hydroxylation is 1. The van der Waals surface area contributed by atoms with Crippen LogP contribution in [0.25, 0.3) is 0 Å². The van der Waals surface area contributed by atoms with E-state index in [9.17, 15) is 4.79 Å². The molecule has 0 bridgehead atoms. The number of aromatic nitrogens is 2. The van der Waals surface area contributed by atoms with Crippen LogP contribution in [0.1, 0.15) is 24.4 Å². The number of rotatable bonds is 5. The van der Waals surface area contributed by atoms with E-state index >= 15 is 0 Å². The molecule has 1 aliphatic rings. The van der Waals surface area contributed by atoms with E-state index in [1.807, 2.05) is 14.1 Å². The van der Waals surface area contributed by atoms with Gasteiger partial charge in [0.25, 0.3) is 0 Å². The largest absolute Gasteiger partial charge is 0.343 e. The minimum atomic E-state index is -0.614. The Morgan fingerprint density at radius 2 is 2.21 bits per heavy atom. The Labute approximate surface area is 114 Å². The van der Waals surface area contributed by atoms with Crippen molar-refractivity contribution in [3.63, 3.8) is 0 Å². The summed E-state index contributed by atoms with van der Waals surface area (Å²) < 4.78 is 1.66. The maximum atomic E-state index is 12.2. The molecule has 2 heterocycles. The molecule has 6 heteroatoms. The first-order valence-corrected chi connectivity index (χ1v) is 6.79. The Bertz CT molecular complexity index is 424. The highest BCUT2D eigenvalue weighted by atomic mass is 16.2. The highest BCUT2D eigenvalue weighted by Gasteiger charge is 2.21. The second-order valence-corrected chi connectivity index (χ2v) is 5.23. The standard InChI is InChI=1S/C13H23N5O/c1-16(7-8-18-5-3-4-6-18)13(19)12(14)11-9-15-17(2)10-11/h9-10,12H,3-8,14H2,1-2H3. The molecule has 6 nitrogen and oxygen atoms in total. The molecule has 0 aliphatic carbocycles. The number of hydrogen-bond donors (Lipinski definition) is 1. The van der Waals surface area contributed by atoms with Crippen LogP contribution in [-0.4, -0.2) is 58.7 Å². The molecule has 1 aromatic rings. The second-order valence-electron chi connectivity index (χ2n) is 5.23. The van der Waals surface area contributed by atoms with Crippen molar-refractivity contribution < 1.29 is 4.79 Å². The SMILES string of the molecule is CN(CCN1CCCC1)C(=O)C(N)c1cnn(C)c1. The summed E-state index contributed by atoms with van der Waals surface area (Å²) >= 11 is 0. The Kier molecular flexibility index (Phi) is 4.55. The van der Waals surface area contributed by atoms with Gasteiger partial charge in [-0.3, -0.25) is 9.48 Å². The van der Waals surface area contributed by atoms with Crippen LogP contribution in [0.3, 0.4) is 0 Å². The minimum Gasteiger partial charge on any atom is -0.343 e. The van der Waals surface area contributed by atoms with Gasteiger partial charge in [-0.15, -0.1) is 0 Å². The summed E-state index contributed by atoms with van der Waals surface area (Å²) in [6.07, 6.45) is 5.98. The van der Waals surface area contributed by atoms with E-state index in [1.165, 1.54) is 12.8 Å². The molecule has 1 amide bonds. The molecule has 0 radical (unpaired) electrons. The molecule has 1 saturated heterocycles. The molecular formula is C13H23N5O. The van der Waals surface area contributed by atoms with Crippen molar-refractivity contribution in [2.75, 3.05) is 33.2 Å². The fourth-order valence-corrected chi connectivity index (χ4v) is 2.39. The second kappa shape index (κ2) is 6.16. The molecule has 2 rings (SSSR count). The van der Waals surface area contributed by atoms with Gasteiger partial charge in [0.15, 0.2) is 0 Å². The summed E-state index contributed by atoms with van der Waals surface area (Å²) in [6.45, 7) is 3.96. The molecule has 0 saturated carbocycles. The smallest absolute Gasteiger partial charge is 0.243 e. The van der Waals surface area contributed by atoms with Gasteiger partial charge in [0, 0.05) is 38.9 Å². The van der Waals surface area contributed by atoms with Crippen molar-refractivity contribution in [1.82, 2.24) is 19.6 Å². The van der Waals surface area contributed by atoms with Crippen molar-refractivity contribution in [3.8, 4) is 0 Å². The third-order valence-corrected chi connectivity index (χ3v) is 3.68. The summed E-state index contributed by atoms with van der Waals surface area (Å²) in [5.74, 6) is -0.0489. The molecule has 0 spiro atoms. The molecule has 1 fully saturated rings. The first kappa shape index (κ1) is 14.0. The third-order valence-electron chi connectivity index (χ3n) is 3.68. The van der Waals surface area contributed by atoms with Crippen LogP contribution in [0.4, 0.5) is 0 Å². The van der Waals surface area contributed by atoms with Crippen LogP contribution >= 0.6 is 0 Å². The van der Waals surface area contributed by atoms with Crippen LogP contribution in [0.15, 0.2) is 12.4 Å². The monoisotopic (exact) mass is 265 g/mol. The Hall–Kier alpha value is -1.40. The van der Waals surface area contributed by atoms with Gasteiger partial charge in [-0.1, -0.05) is 0 Å². The van der Waals surface area contributed by atoms with Crippen molar-refractivity contribution >= 4 is 5.91 Å². The molecule has 1 aliphatic heterocycles. The molecule has 1 atom stereocenters. The summed E-state index contributed by atoms with van der Waals surface area (Å²) in [7, 11) is 3.63. The van der Waals surface area contributed by atoms with Gasteiger partial charge in [-0.2, -0.15) is 5.10 Å². The average Bonchev–Trinajstić information content (AvgIpc) is 3.05. The summed E-state index contributed by atoms with van der Waals surface area (Å²) in [5.41, 5.74) is 6.74. The zero-order chi connectivity index (χ0) is 13.8. The lowest BCUT2D eigenvalue weighted by Gasteiger charge is -2.23. The van der Waals surface area contributed by atoms with E-state index in [0.717, 1.165) is 31.7 Å². The topological polar surface area (TPSA) is 67.4 Å². The van der Waals surface area contributed by atoms with Crippen LogP contribution in [0.5, 0.6) is 0 Å². The lowest BCUT2D eigenvalue weighted by Crippen LogP contribution is -2.40. The van der Waals surface area contributed by atoms with Gasteiger partial charge in [0.1, 0.15) is 6.04 Å². The van der Waals surface area contributed by atoms with Crippen molar-refractivity contribution in [3.05, 3.63) is 18.0 Å². The Morgan fingerprint density at radius 3 is 2.79 bits per heavy atom. The van der Waals surface area contributed by atoms with Crippen molar-refractivity contribution in [1.29, 1.82) is 0 Å². The lowest BCUT2D eigenvalue weighted by molar-refractivity contribution is -0.131. The minimum absolute atomic E-state index is 0.0489. The van der Waals surface area contributed by atoms with E-state index in [-0.39, 0.29) is 5.91 Å². The van der Waals surface area contributed by atoms with E-state index in [4.69, 9.17) is 5.73 Å². The van der Waals surface area contributed by atoms with E-state index in [1.54, 1.807) is 22.0 Å². The van der Waals surface area contributed by atoms with E-state index in [2.05, 4.69) is 10.00 Å². The molecule has 106 valence electrons. The maximum Gasteiger partial charge on any atom is 0.243 e. The number of carbonyl (C=O) groups is 1. The first-order valence-electron chi connectivity index (χ1n) is 6.79. The van der Waals surface area contributed by atoms with Gasteiger partial charge in [0.2, 0.25) is 5.91 Å². The molecular weight excluding hydrogens is 242 g/mol. The van der Waals surface area contributed by atoms with E-state index < -0.39 is 6.04 Å². The first-order chi connectivity index (χ1) is 9.08. The molecule has 1 unspecified atom stereocenters. The highest BCUT2D eigenvalue weighted by molar-refractivity contribution is 5.82. The summed E-state index contributed by atoms with van der Waals surface area (Å²) in [4.78, 5) is 16.3. The number of likely N-dealkylation sites (tertiary alicyclic amines) is 1. The zero-order valence-corrected chi connectivity index (χ0v) is 11.7. The zero-order valence-electron chi connectivity index (χ0n) is 11.7. The molecule has 2 N–H and O–H groups in total. The molecule has 1 aromatic heterocycles. The van der Waals surface area contributed by atoms with Crippen LogP contribution in [0, 0.1) is 0 Å². The molecule has 0 aromatic carbocycles. The quantitative estimate of drug-likeness (QED) is 0.812. The van der Waals surface area contributed by atoms with Gasteiger partial charge in [0.05, 0.1) is 6.20 Å². The normalized spacial score (nSPS) is 17.6. The van der Waals surface area contributed by atoms with Gasteiger partial charge in [-0.25, -0.2) is 0 Å². The summed E-state index contributed by atoms with van der Waals surface area (Å²) in [5, 5.41) is 4.05. The number of nitrogens with two attached hydrogens (primary N) is 1. The number of nitrogens with zero attached hydrogens (tertiary/aromatic N) is 4. The Balaban J connectivity index is 1.83. The van der Waals surface area contributed by atoms with Gasteiger partial charge < -0.3 is 15.5 Å². The third kappa shape index (κ3) is 3.54. The Morgan fingerprint density at radius 1 is 1.53 bits per heavy atom. The number of carbonyl (C=O) groups excluding carboxylic acids is 1. The van der Waals surface area contributed by atoms with Gasteiger partial charge >= 0.3 is 0 Å². The maximum absolute atomic E-state index is 12.2. The van der Waals surface area contributed by atoms with Crippen molar-refractivity contribution in [2.45, 2.75) is 18.9 Å². The predicted molar refractivity (Wildman–Crippen MR) is 73.4 cm³/mol. The van der Waals surface area contributed by atoms with E-state index in [0.29, 0.717) is 0 Å². The number of hydrogen-bond acceptors (Lipinski definition) is 4. The van der Waals surface area contributed by atoms with Crippen LogP contribution < -0.4 is 5.73 Å². The highest BCUT2D eigenvalue weighted by Crippen LogP contribution is 2.12. The fourth-order valence-electron chi connectivity index (χ4n) is 2.39.